The molecule has 1 N–H and O–H groups in total. The fourth-order valence-electron chi connectivity index (χ4n) is 3.70. The zero-order chi connectivity index (χ0) is 19.8. The van der Waals surface area contributed by atoms with Crippen LogP contribution in [0, 0.1) is 6.92 Å². The third kappa shape index (κ3) is 2.97. The van der Waals surface area contributed by atoms with Gasteiger partial charge in [0.25, 0.3) is 0 Å². The number of hydrogen-bond acceptors (Lipinski definition) is 2. The third-order valence-corrected chi connectivity index (χ3v) is 5.02. The number of imidazole rings is 1. The van der Waals surface area contributed by atoms with Gasteiger partial charge in [0.05, 0.1) is 16.6 Å². The van der Waals surface area contributed by atoms with Crippen LogP contribution >= 0.6 is 0 Å². The van der Waals surface area contributed by atoms with Crippen molar-refractivity contribution in [3.63, 3.8) is 0 Å². The van der Waals surface area contributed by atoms with E-state index in [-0.39, 0.29) is 5.92 Å². The topological polar surface area (TPSA) is 55.1 Å². The van der Waals surface area contributed by atoms with Gasteiger partial charge in [-0.1, -0.05) is 50.2 Å². The van der Waals surface area contributed by atoms with Crippen molar-refractivity contribution in [3.8, 4) is 16.8 Å². The molecule has 0 fully saturated rings. The van der Waals surface area contributed by atoms with Crippen LogP contribution < -0.4 is 0 Å². The summed E-state index contributed by atoms with van der Waals surface area (Å²) in [7, 11) is 0. The van der Waals surface area contributed by atoms with Gasteiger partial charge in [-0.15, -0.1) is 0 Å². The standard InChI is InChI=1S/C24H22N2O2/c1-15(2)23-25-21-10-6-7-11-22(21)26(23)17-12-13-18(16(3)14-17)19-8-4-5-9-20(19)24(27)28/h4-15H,1-3H3,(H,27,28). The number of hydrogen-bond donors (Lipinski definition) is 1. The maximum absolute atomic E-state index is 11.6. The van der Waals surface area contributed by atoms with Crippen molar-refractivity contribution in [1.29, 1.82) is 0 Å². The highest BCUT2D eigenvalue weighted by Crippen LogP contribution is 2.31. The smallest absolute Gasteiger partial charge is 0.336 e. The van der Waals surface area contributed by atoms with Crippen LogP contribution in [0.5, 0.6) is 0 Å². The molecule has 0 spiro atoms. The van der Waals surface area contributed by atoms with E-state index >= 15 is 0 Å². The van der Waals surface area contributed by atoms with Gasteiger partial charge in [-0.2, -0.15) is 0 Å². The predicted octanol–water partition coefficient (Wildman–Crippen LogP) is 5.82. The van der Waals surface area contributed by atoms with Gasteiger partial charge in [-0.3, -0.25) is 4.57 Å². The molecule has 0 radical (unpaired) electrons. The van der Waals surface area contributed by atoms with Gasteiger partial charge < -0.3 is 5.11 Å². The fraction of sp³-hybridized carbons (Fsp3) is 0.167. The average Bonchev–Trinajstić information content (AvgIpc) is 3.08. The number of aromatic carboxylic acids is 1. The van der Waals surface area contributed by atoms with Gasteiger partial charge >= 0.3 is 5.97 Å². The van der Waals surface area contributed by atoms with Crippen LogP contribution in [0.15, 0.2) is 66.7 Å². The molecule has 0 saturated heterocycles. The molecule has 4 heteroatoms. The summed E-state index contributed by atoms with van der Waals surface area (Å²) >= 11 is 0. The first kappa shape index (κ1) is 18.0. The number of benzene rings is 3. The quantitative estimate of drug-likeness (QED) is 0.492. The number of aromatic nitrogens is 2. The summed E-state index contributed by atoms with van der Waals surface area (Å²) in [6.45, 7) is 6.30. The second kappa shape index (κ2) is 6.97. The number of rotatable bonds is 4. The van der Waals surface area contributed by atoms with Crippen molar-refractivity contribution in [2.75, 3.05) is 0 Å². The monoisotopic (exact) mass is 370 g/mol. The van der Waals surface area contributed by atoms with Crippen LogP contribution in [0.1, 0.15) is 41.5 Å². The van der Waals surface area contributed by atoms with Crippen molar-refractivity contribution >= 4 is 17.0 Å². The molecule has 4 rings (SSSR count). The molecular formula is C24H22N2O2. The second-order valence-electron chi connectivity index (χ2n) is 7.30. The molecule has 1 heterocycles. The Kier molecular flexibility index (Phi) is 4.47. The molecule has 0 bridgehead atoms. The Hall–Kier alpha value is -3.40. The van der Waals surface area contributed by atoms with Crippen molar-refractivity contribution in [2.45, 2.75) is 26.7 Å². The van der Waals surface area contributed by atoms with Crippen LogP contribution in [0.25, 0.3) is 27.8 Å². The first-order valence-electron chi connectivity index (χ1n) is 9.38. The summed E-state index contributed by atoms with van der Waals surface area (Å²) in [4.78, 5) is 16.4. The van der Waals surface area contributed by atoms with Gasteiger partial charge in [-0.05, 0) is 53.9 Å². The van der Waals surface area contributed by atoms with E-state index in [1.807, 2.05) is 49.4 Å². The number of carbonyl (C=O) groups is 1. The van der Waals surface area contributed by atoms with Crippen molar-refractivity contribution in [3.05, 3.63) is 83.7 Å². The Morgan fingerprint density at radius 3 is 2.39 bits per heavy atom. The molecule has 1 aromatic heterocycles. The van der Waals surface area contributed by atoms with Crippen LogP contribution in [0.3, 0.4) is 0 Å². The lowest BCUT2D eigenvalue weighted by atomic mass is 9.95. The summed E-state index contributed by atoms with van der Waals surface area (Å²) in [6.07, 6.45) is 0. The fourth-order valence-corrected chi connectivity index (χ4v) is 3.70. The Balaban J connectivity index is 1.90. The first-order chi connectivity index (χ1) is 13.5. The first-order valence-corrected chi connectivity index (χ1v) is 9.38. The number of para-hydroxylation sites is 2. The van der Waals surface area contributed by atoms with E-state index in [4.69, 9.17) is 4.98 Å². The van der Waals surface area contributed by atoms with Gasteiger partial charge in [-0.25, -0.2) is 9.78 Å². The molecule has 3 aromatic carbocycles. The molecular weight excluding hydrogens is 348 g/mol. The Labute approximate surface area is 164 Å². The highest BCUT2D eigenvalue weighted by Gasteiger charge is 2.17. The molecule has 28 heavy (non-hydrogen) atoms. The van der Waals surface area contributed by atoms with Crippen LogP contribution in [-0.4, -0.2) is 20.6 Å². The minimum atomic E-state index is -0.915. The summed E-state index contributed by atoms with van der Waals surface area (Å²) in [5, 5.41) is 9.53. The number of nitrogens with zero attached hydrogens (tertiary/aromatic N) is 2. The predicted molar refractivity (Wildman–Crippen MR) is 112 cm³/mol. The Morgan fingerprint density at radius 1 is 0.964 bits per heavy atom. The highest BCUT2D eigenvalue weighted by molar-refractivity contribution is 5.96. The van der Waals surface area contributed by atoms with Crippen LogP contribution in [0.4, 0.5) is 0 Å². The summed E-state index contributed by atoms with van der Waals surface area (Å²) < 4.78 is 2.19. The van der Waals surface area contributed by atoms with Crippen molar-refractivity contribution in [1.82, 2.24) is 9.55 Å². The molecule has 0 aliphatic rings. The van der Waals surface area contributed by atoms with Gasteiger partial charge in [0.2, 0.25) is 0 Å². The minimum absolute atomic E-state index is 0.278. The second-order valence-corrected chi connectivity index (χ2v) is 7.30. The summed E-state index contributed by atoms with van der Waals surface area (Å²) in [6, 6.07) is 21.4. The largest absolute Gasteiger partial charge is 0.478 e. The molecule has 0 aliphatic carbocycles. The Morgan fingerprint density at radius 2 is 1.68 bits per heavy atom. The van der Waals surface area contributed by atoms with Crippen LogP contribution in [0.2, 0.25) is 0 Å². The minimum Gasteiger partial charge on any atom is -0.478 e. The van der Waals surface area contributed by atoms with Gasteiger partial charge in [0, 0.05) is 11.6 Å². The number of carboxylic acids is 1. The zero-order valence-corrected chi connectivity index (χ0v) is 16.2. The third-order valence-electron chi connectivity index (χ3n) is 5.02. The van der Waals surface area contributed by atoms with E-state index in [1.165, 1.54) is 0 Å². The van der Waals surface area contributed by atoms with Crippen LogP contribution in [-0.2, 0) is 0 Å². The lowest BCUT2D eigenvalue weighted by Gasteiger charge is -2.15. The average molecular weight is 370 g/mol. The zero-order valence-electron chi connectivity index (χ0n) is 16.2. The highest BCUT2D eigenvalue weighted by atomic mass is 16.4. The summed E-state index contributed by atoms with van der Waals surface area (Å²) in [5.41, 5.74) is 6.09. The van der Waals surface area contributed by atoms with Crippen molar-refractivity contribution in [2.24, 2.45) is 0 Å². The molecule has 0 unspecified atom stereocenters. The van der Waals surface area contributed by atoms with E-state index in [9.17, 15) is 9.90 Å². The van der Waals surface area contributed by atoms with Gasteiger partial charge in [0.15, 0.2) is 0 Å². The van der Waals surface area contributed by atoms with E-state index in [2.05, 4.69) is 30.5 Å². The van der Waals surface area contributed by atoms with Gasteiger partial charge in [0.1, 0.15) is 5.82 Å². The molecule has 0 saturated carbocycles. The number of carboxylic acid groups (broad SMARTS) is 1. The van der Waals surface area contributed by atoms with E-state index < -0.39 is 5.97 Å². The van der Waals surface area contributed by atoms with E-state index in [1.54, 1.807) is 12.1 Å². The van der Waals surface area contributed by atoms with E-state index in [0.717, 1.165) is 39.2 Å². The molecule has 0 aliphatic heterocycles. The van der Waals surface area contributed by atoms with Crippen molar-refractivity contribution < 1.29 is 9.90 Å². The SMILES string of the molecule is Cc1cc(-n2c(C(C)C)nc3ccccc32)ccc1-c1ccccc1C(=O)O. The number of fused-ring (bicyclic) bond motifs is 1. The molecule has 0 atom stereocenters. The maximum atomic E-state index is 11.6. The molecule has 4 nitrogen and oxygen atoms in total. The molecule has 140 valence electrons. The Bertz CT molecular complexity index is 1190. The molecule has 4 aromatic rings. The number of aryl methyl sites for hydroxylation is 1. The normalized spacial score (nSPS) is 11.3. The summed E-state index contributed by atoms with van der Waals surface area (Å²) in [5.74, 6) is 0.376. The van der Waals surface area contributed by atoms with E-state index in [0.29, 0.717) is 5.56 Å². The lowest BCUT2D eigenvalue weighted by Crippen LogP contribution is -2.04. The lowest BCUT2D eigenvalue weighted by molar-refractivity contribution is 0.0697. The maximum Gasteiger partial charge on any atom is 0.336 e. The molecule has 0 amide bonds.